The van der Waals surface area contributed by atoms with Crippen molar-refractivity contribution in [3.63, 3.8) is 0 Å². The highest BCUT2D eigenvalue weighted by molar-refractivity contribution is 5.70. The molecule has 0 amide bonds. The van der Waals surface area contributed by atoms with Gasteiger partial charge in [0.1, 0.15) is 5.75 Å². The van der Waals surface area contributed by atoms with Crippen LogP contribution in [-0.4, -0.2) is 28.9 Å². The summed E-state index contributed by atoms with van der Waals surface area (Å²) in [6.07, 6.45) is -1.73. The highest BCUT2D eigenvalue weighted by Crippen LogP contribution is 2.42. The summed E-state index contributed by atoms with van der Waals surface area (Å²) in [6.45, 7) is 0.220. The van der Waals surface area contributed by atoms with Gasteiger partial charge in [0, 0.05) is 12.0 Å². The molecule has 6 heteroatoms. The topological polar surface area (TPSA) is 93.1 Å². The highest BCUT2D eigenvalue weighted by Gasteiger charge is 2.43. The molecule has 1 aromatic carbocycles. The van der Waals surface area contributed by atoms with Crippen LogP contribution in [-0.2, 0) is 15.1 Å². The smallest absolute Gasteiger partial charge is 0.493 e. The van der Waals surface area contributed by atoms with Gasteiger partial charge in [0.15, 0.2) is 5.60 Å². The average Bonchev–Trinajstić information content (AvgIpc) is 2.27. The maximum atomic E-state index is 11.0. The number of fused-ring (bicyclic) bond motifs is 1. The van der Waals surface area contributed by atoms with E-state index in [0.717, 1.165) is 0 Å². The van der Waals surface area contributed by atoms with E-state index in [1.165, 1.54) is 0 Å². The van der Waals surface area contributed by atoms with Crippen molar-refractivity contribution in [3.05, 3.63) is 29.8 Å². The van der Waals surface area contributed by atoms with Gasteiger partial charge in [-0.2, -0.15) is 0 Å². The maximum Gasteiger partial charge on any atom is 0.506 e. The molecule has 1 aromatic rings. The minimum Gasteiger partial charge on any atom is -0.493 e. The van der Waals surface area contributed by atoms with Crippen LogP contribution in [0, 0.1) is 0 Å². The van der Waals surface area contributed by atoms with Crippen LogP contribution in [0.25, 0.3) is 0 Å². The third-order valence-electron chi connectivity index (χ3n) is 2.86. The maximum absolute atomic E-state index is 11.0. The van der Waals surface area contributed by atoms with Crippen LogP contribution < -0.4 is 4.74 Å². The zero-order chi connectivity index (χ0) is 13.2. The molecule has 0 saturated carbocycles. The fourth-order valence-electron chi connectivity index (χ4n) is 2.17. The molecule has 2 N–H and O–H groups in total. The summed E-state index contributed by atoms with van der Waals surface area (Å²) in [7, 11) is 0. The monoisotopic (exact) mass is 252 g/mol. The molecule has 6 nitrogen and oxygen atoms in total. The van der Waals surface area contributed by atoms with Gasteiger partial charge in [-0.1, -0.05) is 18.2 Å². The number of carboxylic acids is 1. The van der Waals surface area contributed by atoms with Crippen LogP contribution >= 0.6 is 0 Å². The van der Waals surface area contributed by atoms with Gasteiger partial charge >= 0.3 is 12.1 Å². The fourth-order valence-corrected chi connectivity index (χ4v) is 2.17. The van der Waals surface area contributed by atoms with Crippen molar-refractivity contribution in [2.45, 2.75) is 18.4 Å². The number of aliphatic carboxylic acids is 1. The minimum absolute atomic E-state index is 0.183. The van der Waals surface area contributed by atoms with Crippen LogP contribution in [0.5, 0.6) is 5.75 Å². The van der Waals surface area contributed by atoms with E-state index in [-0.39, 0.29) is 13.0 Å². The van der Waals surface area contributed by atoms with Gasteiger partial charge in [0.25, 0.3) is 0 Å². The largest absolute Gasteiger partial charge is 0.506 e. The molecule has 18 heavy (non-hydrogen) atoms. The Labute approximate surface area is 103 Å². The summed E-state index contributed by atoms with van der Waals surface area (Å²) < 4.78 is 10.2. The predicted molar refractivity (Wildman–Crippen MR) is 59.6 cm³/mol. The summed E-state index contributed by atoms with van der Waals surface area (Å²) in [5.74, 6) is -0.654. The molecule has 0 aromatic heterocycles. The third-order valence-corrected chi connectivity index (χ3v) is 2.86. The van der Waals surface area contributed by atoms with Crippen molar-refractivity contribution >= 4 is 12.1 Å². The van der Waals surface area contributed by atoms with E-state index in [9.17, 15) is 9.59 Å². The molecular weight excluding hydrogens is 240 g/mol. The van der Waals surface area contributed by atoms with Gasteiger partial charge < -0.3 is 19.7 Å². The van der Waals surface area contributed by atoms with E-state index in [1.807, 2.05) is 0 Å². The van der Waals surface area contributed by atoms with E-state index >= 15 is 0 Å². The number of ether oxygens (including phenoxy) is 2. The summed E-state index contributed by atoms with van der Waals surface area (Å²) in [6, 6.07) is 6.71. The normalized spacial score (nSPS) is 21.6. The van der Waals surface area contributed by atoms with Crippen LogP contribution in [0.2, 0.25) is 0 Å². The summed E-state index contributed by atoms with van der Waals surface area (Å²) >= 11 is 0. The molecule has 1 heterocycles. The van der Waals surface area contributed by atoms with Crippen LogP contribution in [0.3, 0.4) is 0 Å². The van der Waals surface area contributed by atoms with Crippen LogP contribution in [0.1, 0.15) is 18.4 Å². The number of para-hydroxylation sites is 1. The zero-order valence-corrected chi connectivity index (χ0v) is 9.46. The number of carbonyl (C=O) groups is 2. The second-order valence-corrected chi connectivity index (χ2v) is 4.03. The molecule has 1 atom stereocenters. The molecule has 0 aliphatic carbocycles. The Kier molecular flexibility index (Phi) is 3.10. The lowest BCUT2D eigenvalue weighted by Gasteiger charge is -2.36. The summed E-state index contributed by atoms with van der Waals surface area (Å²) in [4.78, 5) is 21.8. The number of rotatable bonds is 3. The average molecular weight is 252 g/mol. The highest BCUT2D eigenvalue weighted by atomic mass is 16.7. The second kappa shape index (κ2) is 4.56. The SMILES string of the molecule is O=C(O)CC1(OC(=O)O)CCOc2ccccc21. The first kappa shape index (κ1) is 12.2. The second-order valence-electron chi connectivity index (χ2n) is 4.03. The quantitative estimate of drug-likeness (QED) is 0.797. The molecule has 0 saturated heterocycles. The van der Waals surface area contributed by atoms with E-state index < -0.39 is 24.1 Å². The molecule has 0 bridgehead atoms. The Bertz CT molecular complexity index is 465. The molecule has 0 radical (unpaired) electrons. The molecule has 0 fully saturated rings. The molecular formula is C12H12O6. The van der Waals surface area contributed by atoms with Gasteiger partial charge in [0.2, 0.25) is 0 Å². The fraction of sp³-hybridized carbons (Fsp3) is 0.333. The first-order valence-electron chi connectivity index (χ1n) is 5.39. The van der Waals surface area contributed by atoms with Crippen molar-refractivity contribution in [2.24, 2.45) is 0 Å². The van der Waals surface area contributed by atoms with Crippen LogP contribution in [0.15, 0.2) is 24.3 Å². The number of benzene rings is 1. The third kappa shape index (κ3) is 2.22. The van der Waals surface area contributed by atoms with Gasteiger partial charge in [-0.05, 0) is 6.07 Å². The molecule has 1 aliphatic heterocycles. The van der Waals surface area contributed by atoms with Gasteiger partial charge in [-0.15, -0.1) is 0 Å². The predicted octanol–water partition coefficient (Wildman–Crippen LogP) is 1.83. The Morgan fingerprint density at radius 3 is 2.72 bits per heavy atom. The van der Waals surface area contributed by atoms with Crippen molar-refractivity contribution in [2.75, 3.05) is 6.61 Å². The van der Waals surface area contributed by atoms with E-state index in [4.69, 9.17) is 19.7 Å². The van der Waals surface area contributed by atoms with Gasteiger partial charge in [0.05, 0.1) is 13.0 Å². The first-order chi connectivity index (χ1) is 8.53. The first-order valence-corrected chi connectivity index (χ1v) is 5.39. The Hall–Kier alpha value is -2.24. The van der Waals surface area contributed by atoms with E-state index in [0.29, 0.717) is 11.3 Å². The van der Waals surface area contributed by atoms with E-state index in [2.05, 4.69) is 0 Å². The van der Waals surface area contributed by atoms with Crippen molar-refractivity contribution in [1.82, 2.24) is 0 Å². The minimum atomic E-state index is -1.49. The number of carboxylic acid groups (broad SMARTS) is 2. The van der Waals surface area contributed by atoms with Crippen molar-refractivity contribution in [1.29, 1.82) is 0 Å². The molecule has 96 valence electrons. The number of hydrogen-bond acceptors (Lipinski definition) is 4. The Morgan fingerprint density at radius 2 is 2.06 bits per heavy atom. The Balaban J connectivity index is 2.47. The van der Waals surface area contributed by atoms with E-state index in [1.54, 1.807) is 24.3 Å². The number of hydrogen-bond donors (Lipinski definition) is 2. The molecule has 1 unspecified atom stereocenters. The summed E-state index contributed by atoms with van der Waals surface area (Å²) in [5, 5.41) is 17.8. The molecule has 0 spiro atoms. The van der Waals surface area contributed by atoms with Gasteiger partial charge in [-0.3, -0.25) is 4.79 Å². The molecule has 1 aliphatic rings. The molecule has 2 rings (SSSR count). The standard InChI is InChI=1S/C12H12O6/c13-10(14)7-12(18-11(15)16)5-6-17-9-4-2-1-3-8(9)12/h1-4H,5-7H2,(H,13,14)(H,15,16). The summed E-state index contributed by atoms with van der Waals surface area (Å²) in [5.41, 5.74) is -0.909. The zero-order valence-electron chi connectivity index (χ0n) is 9.46. The van der Waals surface area contributed by atoms with Gasteiger partial charge in [-0.25, -0.2) is 4.79 Å². The lowest BCUT2D eigenvalue weighted by atomic mass is 9.85. The lowest BCUT2D eigenvalue weighted by Crippen LogP contribution is -2.39. The van der Waals surface area contributed by atoms with Crippen LogP contribution in [0.4, 0.5) is 4.79 Å². The van der Waals surface area contributed by atoms with Crippen molar-refractivity contribution < 1.29 is 29.3 Å². The van der Waals surface area contributed by atoms with Crippen molar-refractivity contribution in [3.8, 4) is 5.75 Å². The Morgan fingerprint density at radius 1 is 1.33 bits per heavy atom. The lowest BCUT2D eigenvalue weighted by molar-refractivity contribution is -0.145.